The molecule has 148 valence electrons. The highest BCUT2D eigenvalue weighted by molar-refractivity contribution is 7.13. The number of hydrogen-bond acceptors (Lipinski definition) is 6. The van der Waals surface area contributed by atoms with Crippen molar-refractivity contribution in [1.29, 1.82) is 0 Å². The van der Waals surface area contributed by atoms with E-state index in [1.165, 1.54) is 23.0 Å². The van der Waals surface area contributed by atoms with Gasteiger partial charge in [-0.05, 0) is 35.7 Å². The topological polar surface area (TPSA) is 75.3 Å². The first-order chi connectivity index (χ1) is 14.0. The monoisotopic (exact) mass is 409 g/mol. The highest BCUT2D eigenvalue weighted by Gasteiger charge is 2.20. The fourth-order valence-corrected chi connectivity index (χ4v) is 4.03. The molecule has 8 heteroatoms. The molecular formula is C21H19N3O4S. The SMILES string of the molecule is COc1ccc(OC)c(-c2cc(-c3cccs3)nc3c2c(=O)n(C)c(=O)n3C)c1. The number of pyridine rings is 1. The predicted molar refractivity (Wildman–Crippen MR) is 114 cm³/mol. The van der Waals surface area contributed by atoms with Crippen LogP contribution in [-0.4, -0.2) is 28.3 Å². The first-order valence-corrected chi connectivity index (χ1v) is 9.71. The standard InChI is InChI=1S/C21H19N3O4S/c1-23-19-18(20(25)24(2)21(23)26)14(11-15(22-19)17-6-5-9-29-17)13-10-12(27-3)7-8-16(13)28-4/h5-11H,1-4H3. The average molecular weight is 409 g/mol. The van der Waals surface area contributed by atoms with Crippen molar-refractivity contribution in [3.05, 3.63) is 62.6 Å². The number of fused-ring (bicyclic) bond motifs is 1. The van der Waals surface area contributed by atoms with Gasteiger partial charge in [0.15, 0.2) is 5.65 Å². The molecule has 0 amide bonds. The maximum Gasteiger partial charge on any atom is 0.332 e. The molecule has 0 atom stereocenters. The van der Waals surface area contributed by atoms with E-state index in [4.69, 9.17) is 9.47 Å². The zero-order valence-corrected chi connectivity index (χ0v) is 17.2. The van der Waals surface area contributed by atoms with Crippen LogP contribution in [0.4, 0.5) is 0 Å². The van der Waals surface area contributed by atoms with Gasteiger partial charge in [-0.3, -0.25) is 13.9 Å². The molecule has 3 aromatic heterocycles. The number of aromatic nitrogens is 3. The van der Waals surface area contributed by atoms with E-state index in [1.54, 1.807) is 33.4 Å². The molecule has 29 heavy (non-hydrogen) atoms. The fourth-order valence-electron chi connectivity index (χ4n) is 3.34. The Balaban J connectivity index is 2.21. The summed E-state index contributed by atoms with van der Waals surface area (Å²) in [5.41, 5.74) is 1.48. The third-order valence-corrected chi connectivity index (χ3v) is 5.77. The summed E-state index contributed by atoms with van der Waals surface area (Å²) in [5, 5.41) is 2.30. The summed E-state index contributed by atoms with van der Waals surface area (Å²) < 4.78 is 13.4. The van der Waals surface area contributed by atoms with E-state index < -0.39 is 11.2 Å². The van der Waals surface area contributed by atoms with E-state index >= 15 is 0 Å². The Morgan fingerprint density at radius 2 is 1.76 bits per heavy atom. The van der Waals surface area contributed by atoms with Crippen LogP contribution in [0.5, 0.6) is 11.5 Å². The molecule has 0 N–H and O–H groups in total. The van der Waals surface area contributed by atoms with E-state index in [1.807, 2.05) is 29.6 Å². The van der Waals surface area contributed by atoms with Gasteiger partial charge < -0.3 is 9.47 Å². The quantitative estimate of drug-likeness (QED) is 0.518. The third kappa shape index (κ3) is 3.01. The van der Waals surface area contributed by atoms with E-state index in [0.29, 0.717) is 39.4 Å². The summed E-state index contributed by atoms with van der Waals surface area (Å²) in [4.78, 5) is 31.2. The number of nitrogens with zero attached hydrogens (tertiary/aromatic N) is 3. The summed E-state index contributed by atoms with van der Waals surface area (Å²) in [5.74, 6) is 1.22. The van der Waals surface area contributed by atoms with Crippen LogP contribution in [0, 0.1) is 0 Å². The fraction of sp³-hybridized carbons (Fsp3) is 0.190. The van der Waals surface area contributed by atoms with Crippen molar-refractivity contribution in [3.63, 3.8) is 0 Å². The third-order valence-electron chi connectivity index (χ3n) is 4.88. The minimum absolute atomic E-state index is 0.323. The normalized spacial score (nSPS) is 11.0. The Kier molecular flexibility index (Phi) is 4.71. The largest absolute Gasteiger partial charge is 0.497 e. The highest BCUT2D eigenvalue weighted by atomic mass is 32.1. The second kappa shape index (κ2) is 7.21. The van der Waals surface area contributed by atoms with Crippen molar-refractivity contribution < 1.29 is 9.47 Å². The van der Waals surface area contributed by atoms with Crippen LogP contribution in [0.3, 0.4) is 0 Å². The Bertz CT molecular complexity index is 1340. The number of hydrogen-bond donors (Lipinski definition) is 0. The van der Waals surface area contributed by atoms with Gasteiger partial charge in [-0.2, -0.15) is 0 Å². The molecule has 0 aliphatic carbocycles. The first-order valence-electron chi connectivity index (χ1n) is 8.83. The molecule has 0 aliphatic heterocycles. The van der Waals surface area contributed by atoms with Crippen LogP contribution in [0.25, 0.3) is 32.7 Å². The van der Waals surface area contributed by atoms with Crippen molar-refractivity contribution in [2.75, 3.05) is 14.2 Å². The van der Waals surface area contributed by atoms with Gasteiger partial charge in [0.05, 0.1) is 30.2 Å². The van der Waals surface area contributed by atoms with Crippen molar-refractivity contribution in [2.45, 2.75) is 0 Å². The zero-order valence-electron chi connectivity index (χ0n) is 16.4. The Hall–Kier alpha value is -3.39. The number of benzene rings is 1. The smallest absolute Gasteiger partial charge is 0.332 e. The summed E-state index contributed by atoms with van der Waals surface area (Å²) in [6.45, 7) is 0. The van der Waals surface area contributed by atoms with Gasteiger partial charge in [0, 0.05) is 25.2 Å². The second-order valence-corrected chi connectivity index (χ2v) is 7.45. The summed E-state index contributed by atoms with van der Waals surface area (Å²) in [7, 11) is 6.23. The predicted octanol–water partition coefficient (Wildman–Crippen LogP) is 3.04. The molecule has 0 saturated carbocycles. The van der Waals surface area contributed by atoms with Crippen LogP contribution >= 0.6 is 11.3 Å². The zero-order chi connectivity index (χ0) is 20.7. The van der Waals surface area contributed by atoms with Gasteiger partial charge in [-0.15, -0.1) is 11.3 Å². The molecule has 3 heterocycles. The molecule has 1 aromatic carbocycles. The Morgan fingerprint density at radius 1 is 0.966 bits per heavy atom. The average Bonchev–Trinajstić information content (AvgIpc) is 3.29. The number of aryl methyl sites for hydroxylation is 1. The van der Waals surface area contributed by atoms with Gasteiger partial charge in [-0.25, -0.2) is 9.78 Å². The lowest BCUT2D eigenvalue weighted by atomic mass is 10.0. The maximum absolute atomic E-state index is 13.1. The summed E-state index contributed by atoms with van der Waals surface area (Å²) in [6.07, 6.45) is 0. The number of thiophene rings is 1. The number of rotatable bonds is 4. The van der Waals surface area contributed by atoms with Crippen molar-refractivity contribution in [2.24, 2.45) is 14.1 Å². The Labute approximate surface area is 170 Å². The summed E-state index contributed by atoms with van der Waals surface area (Å²) in [6, 6.07) is 11.1. The van der Waals surface area contributed by atoms with Crippen LogP contribution in [0.15, 0.2) is 51.4 Å². The molecule has 0 aliphatic rings. The van der Waals surface area contributed by atoms with E-state index in [2.05, 4.69) is 4.98 Å². The van der Waals surface area contributed by atoms with Gasteiger partial charge in [0.25, 0.3) is 5.56 Å². The number of methoxy groups -OCH3 is 2. The van der Waals surface area contributed by atoms with Crippen molar-refractivity contribution >= 4 is 22.4 Å². The van der Waals surface area contributed by atoms with Crippen LogP contribution in [0.1, 0.15) is 0 Å². The lowest BCUT2D eigenvalue weighted by Gasteiger charge is -2.15. The molecule has 0 unspecified atom stereocenters. The molecular weight excluding hydrogens is 390 g/mol. The van der Waals surface area contributed by atoms with Crippen molar-refractivity contribution in [3.8, 4) is 33.2 Å². The lowest BCUT2D eigenvalue weighted by Crippen LogP contribution is -2.37. The first kappa shape index (κ1) is 18.9. The van der Waals surface area contributed by atoms with Gasteiger partial charge in [-0.1, -0.05) is 6.07 Å². The maximum atomic E-state index is 13.1. The van der Waals surface area contributed by atoms with E-state index in [0.717, 1.165) is 9.44 Å². The molecule has 0 fully saturated rings. The lowest BCUT2D eigenvalue weighted by molar-refractivity contribution is 0.404. The van der Waals surface area contributed by atoms with Gasteiger partial charge >= 0.3 is 5.69 Å². The minimum Gasteiger partial charge on any atom is -0.497 e. The molecule has 7 nitrogen and oxygen atoms in total. The minimum atomic E-state index is -0.429. The van der Waals surface area contributed by atoms with Crippen LogP contribution in [-0.2, 0) is 14.1 Å². The second-order valence-electron chi connectivity index (χ2n) is 6.50. The van der Waals surface area contributed by atoms with Gasteiger partial charge in [0.2, 0.25) is 0 Å². The van der Waals surface area contributed by atoms with E-state index in [9.17, 15) is 9.59 Å². The molecule has 0 saturated heterocycles. The molecule has 0 radical (unpaired) electrons. The molecule has 0 bridgehead atoms. The summed E-state index contributed by atoms with van der Waals surface area (Å²) >= 11 is 1.53. The highest BCUT2D eigenvalue weighted by Crippen LogP contribution is 2.38. The van der Waals surface area contributed by atoms with Gasteiger partial charge in [0.1, 0.15) is 11.5 Å². The molecule has 4 aromatic rings. The van der Waals surface area contributed by atoms with Crippen molar-refractivity contribution in [1.82, 2.24) is 14.1 Å². The molecule has 0 spiro atoms. The number of ether oxygens (including phenoxy) is 2. The Morgan fingerprint density at radius 3 is 2.41 bits per heavy atom. The molecule has 4 rings (SSSR count). The van der Waals surface area contributed by atoms with Crippen LogP contribution < -0.4 is 20.7 Å². The van der Waals surface area contributed by atoms with Crippen LogP contribution in [0.2, 0.25) is 0 Å². The van der Waals surface area contributed by atoms with E-state index in [-0.39, 0.29) is 0 Å².